The number of likely N-dealkylation sites (tertiary alicyclic amines) is 1. The molecule has 1 aromatic carbocycles. The molecular weight excluding hydrogens is 297 g/mol. The number of guanidine groups is 1. The van der Waals surface area contributed by atoms with Crippen molar-refractivity contribution in [3.63, 3.8) is 0 Å². The number of rotatable bonds is 4. The van der Waals surface area contributed by atoms with Gasteiger partial charge in [-0.3, -0.25) is 4.79 Å². The van der Waals surface area contributed by atoms with E-state index in [9.17, 15) is 9.18 Å². The normalized spacial score (nSPS) is 16.3. The van der Waals surface area contributed by atoms with Gasteiger partial charge in [-0.05, 0) is 37.5 Å². The van der Waals surface area contributed by atoms with E-state index in [1.807, 2.05) is 6.92 Å². The fraction of sp³-hybridized carbons (Fsp3) is 0.529. The molecule has 1 saturated heterocycles. The molecule has 0 bridgehead atoms. The Hall–Kier alpha value is -2.11. The molecule has 23 heavy (non-hydrogen) atoms. The molecule has 126 valence electrons. The molecule has 1 fully saturated rings. The van der Waals surface area contributed by atoms with Gasteiger partial charge < -0.3 is 15.0 Å². The van der Waals surface area contributed by atoms with Crippen LogP contribution in [0.5, 0.6) is 0 Å². The quantitative estimate of drug-likeness (QED) is 0.525. The summed E-state index contributed by atoms with van der Waals surface area (Å²) in [6.07, 6.45) is 1.54. The average Bonchev–Trinajstić information content (AvgIpc) is 2.59. The Bertz CT molecular complexity index is 537. The number of carbonyl (C=O) groups excluding carboxylic acids is 1. The molecule has 0 radical (unpaired) electrons. The van der Waals surface area contributed by atoms with E-state index in [0.29, 0.717) is 6.54 Å². The lowest BCUT2D eigenvalue weighted by Crippen LogP contribution is -2.46. The van der Waals surface area contributed by atoms with Crippen LogP contribution in [0.4, 0.5) is 4.39 Å². The number of aliphatic imine (C=N–C) groups is 1. The maximum atomic E-state index is 12.9. The third-order valence-electron chi connectivity index (χ3n) is 3.99. The number of hydrogen-bond donors (Lipinski definition) is 1. The lowest BCUT2D eigenvalue weighted by Gasteiger charge is -2.33. The van der Waals surface area contributed by atoms with E-state index < -0.39 is 0 Å². The van der Waals surface area contributed by atoms with Crippen LogP contribution in [0.2, 0.25) is 0 Å². The van der Waals surface area contributed by atoms with Crippen LogP contribution in [-0.2, 0) is 16.1 Å². The summed E-state index contributed by atoms with van der Waals surface area (Å²) in [5.74, 6) is 0.448. The highest BCUT2D eigenvalue weighted by molar-refractivity contribution is 5.80. The molecule has 1 N–H and O–H groups in total. The number of esters is 1. The molecular formula is C17H24FN3O2. The lowest BCUT2D eigenvalue weighted by atomic mass is 9.97. The van der Waals surface area contributed by atoms with Crippen LogP contribution in [0, 0.1) is 11.7 Å². The molecule has 0 amide bonds. The van der Waals surface area contributed by atoms with Gasteiger partial charge in [-0.1, -0.05) is 12.1 Å². The Labute approximate surface area is 136 Å². The fourth-order valence-electron chi connectivity index (χ4n) is 2.68. The van der Waals surface area contributed by atoms with Crippen LogP contribution in [0.15, 0.2) is 29.3 Å². The summed E-state index contributed by atoms with van der Waals surface area (Å²) in [5, 5.41) is 3.28. The molecule has 0 aromatic heterocycles. The van der Waals surface area contributed by atoms with E-state index in [0.717, 1.165) is 44.0 Å². The van der Waals surface area contributed by atoms with Gasteiger partial charge in [-0.2, -0.15) is 0 Å². The number of hydrogen-bond acceptors (Lipinski definition) is 3. The van der Waals surface area contributed by atoms with Crippen molar-refractivity contribution in [2.24, 2.45) is 10.9 Å². The maximum Gasteiger partial charge on any atom is 0.308 e. The van der Waals surface area contributed by atoms with Crippen LogP contribution >= 0.6 is 0 Å². The zero-order valence-electron chi connectivity index (χ0n) is 13.7. The highest BCUT2D eigenvalue weighted by Gasteiger charge is 2.26. The number of carbonyl (C=O) groups is 1. The minimum Gasteiger partial charge on any atom is -0.469 e. The Kier molecular flexibility index (Phi) is 6.38. The molecule has 1 aromatic rings. The zero-order valence-corrected chi connectivity index (χ0v) is 13.7. The van der Waals surface area contributed by atoms with E-state index in [1.165, 1.54) is 19.2 Å². The molecule has 0 spiro atoms. The Morgan fingerprint density at radius 2 is 2.00 bits per heavy atom. The number of methoxy groups -OCH3 is 1. The number of piperidine rings is 1. The zero-order chi connectivity index (χ0) is 16.7. The van der Waals surface area contributed by atoms with E-state index in [-0.39, 0.29) is 17.7 Å². The summed E-state index contributed by atoms with van der Waals surface area (Å²) < 4.78 is 17.7. The van der Waals surface area contributed by atoms with Crippen LogP contribution in [0.25, 0.3) is 0 Å². The van der Waals surface area contributed by atoms with E-state index >= 15 is 0 Å². The molecule has 6 heteroatoms. The van der Waals surface area contributed by atoms with E-state index in [1.54, 1.807) is 12.1 Å². The number of halogens is 1. The summed E-state index contributed by atoms with van der Waals surface area (Å²) in [6.45, 7) is 4.84. The van der Waals surface area contributed by atoms with Gasteiger partial charge in [0.1, 0.15) is 5.82 Å². The van der Waals surface area contributed by atoms with Gasteiger partial charge in [0.2, 0.25) is 0 Å². The SMILES string of the molecule is CCNC(=NCc1ccc(F)cc1)N1CCC(C(=O)OC)CC1. The molecule has 0 aliphatic carbocycles. The summed E-state index contributed by atoms with van der Waals surface area (Å²) in [4.78, 5) is 18.4. The third kappa shape index (κ3) is 4.94. The first-order valence-corrected chi connectivity index (χ1v) is 7.99. The number of nitrogens with one attached hydrogen (secondary N) is 1. The average molecular weight is 321 g/mol. The molecule has 1 aliphatic heterocycles. The van der Waals surface area contributed by atoms with Gasteiger partial charge in [-0.25, -0.2) is 9.38 Å². The first-order chi connectivity index (χ1) is 11.1. The Morgan fingerprint density at radius 1 is 1.35 bits per heavy atom. The minimum absolute atomic E-state index is 0.0174. The van der Waals surface area contributed by atoms with Gasteiger partial charge in [0.25, 0.3) is 0 Å². The minimum atomic E-state index is -0.241. The number of nitrogens with zero attached hydrogens (tertiary/aromatic N) is 2. The number of ether oxygens (including phenoxy) is 1. The van der Waals surface area contributed by atoms with Crippen LogP contribution in [0.1, 0.15) is 25.3 Å². The second-order valence-corrected chi connectivity index (χ2v) is 5.58. The summed E-state index contributed by atoms with van der Waals surface area (Å²) in [7, 11) is 1.43. The monoisotopic (exact) mass is 321 g/mol. The van der Waals surface area contributed by atoms with Gasteiger partial charge in [-0.15, -0.1) is 0 Å². The van der Waals surface area contributed by atoms with Gasteiger partial charge in [0.15, 0.2) is 5.96 Å². The summed E-state index contributed by atoms with van der Waals surface area (Å²) >= 11 is 0. The third-order valence-corrected chi connectivity index (χ3v) is 3.99. The highest BCUT2D eigenvalue weighted by atomic mass is 19.1. The second kappa shape index (κ2) is 8.50. The topological polar surface area (TPSA) is 53.9 Å². The smallest absolute Gasteiger partial charge is 0.308 e. The lowest BCUT2D eigenvalue weighted by molar-refractivity contribution is -0.146. The summed E-state index contributed by atoms with van der Waals surface area (Å²) in [5.41, 5.74) is 0.964. The van der Waals surface area contributed by atoms with Gasteiger partial charge >= 0.3 is 5.97 Å². The van der Waals surface area contributed by atoms with Crippen molar-refractivity contribution in [1.82, 2.24) is 10.2 Å². The fourth-order valence-corrected chi connectivity index (χ4v) is 2.68. The Balaban J connectivity index is 1.97. The maximum absolute atomic E-state index is 12.9. The van der Waals surface area contributed by atoms with Crippen molar-refractivity contribution in [1.29, 1.82) is 0 Å². The van der Waals surface area contributed by atoms with Crippen LogP contribution < -0.4 is 5.32 Å². The molecule has 1 aliphatic rings. The van der Waals surface area contributed by atoms with Crippen molar-refractivity contribution in [3.05, 3.63) is 35.6 Å². The Morgan fingerprint density at radius 3 is 2.57 bits per heavy atom. The van der Waals surface area contributed by atoms with E-state index in [4.69, 9.17) is 4.74 Å². The predicted octanol–water partition coefficient (Wildman–Crippen LogP) is 2.18. The van der Waals surface area contributed by atoms with Crippen molar-refractivity contribution >= 4 is 11.9 Å². The molecule has 0 atom stereocenters. The van der Waals surface area contributed by atoms with Crippen molar-refractivity contribution in [3.8, 4) is 0 Å². The molecule has 0 unspecified atom stereocenters. The molecule has 1 heterocycles. The molecule has 2 rings (SSSR count). The number of benzene rings is 1. The van der Waals surface area contributed by atoms with Gasteiger partial charge in [0.05, 0.1) is 19.6 Å². The standard InChI is InChI=1S/C17H24FN3O2/c1-3-19-17(20-12-13-4-6-15(18)7-5-13)21-10-8-14(9-11-21)16(22)23-2/h4-7,14H,3,8-12H2,1-2H3,(H,19,20). The van der Waals surface area contributed by atoms with Crippen molar-refractivity contribution in [2.75, 3.05) is 26.7 Å². The van der Waals surface area contributed by atoms with Crippen molar-refractivity contribution in [2.45, 2.75) is 26.3 Å². The van der Waals surface area contributed by atoms with Gasteiger partial charge in [0, 0.05) is 19.6 Å². The van der Waals surface area contributed by atoms with Crippen LogP contribution in [0.3, 0.4) is 0 Å². The van der Waals surface area contributed by atoms with Crippen molar-refractivity contribution < 1.29 is 13.9 Å². The second-order valence-electron chi connectivity index (χ2n) is 5.58. The predicted molar refractivity (Wildman–Crippen MR) is 87.5 cm³/mol. The summed E-state index contributed by atoms with van der Waals surface area (Å²) in [6, 6.07) is 6.37. The van der Waals surface area contributed by atoms with E-state index in [2.05, 4.69) is 15.2 Å². The molecule has 5 nitrogen and oxygen atoms in total. The first kappa shape index (κ1) is 17.2. The molecule has 0 saturated carbocycles. The first-order valence-electron chi connectivity index (χ1n) is 7.99. The highest BCUT2D eigenvalue weighted by Crippen LogP contribution is 2.18. The largest absolute Gasteiger partial charge is 0.469 e. The van der Waals surface area contributed by atoms with Crippen LogP contribution in [-0.4, -0.2) is 43.6 Å².